The zero-order valence-electron chi connectivity index (χ0n) is 9.15. The Morgan fingerprint density at radius 2 is 2.13 bits per heavy atom. The van der Waals surface area contributed by atoms with Crippen molar-refractivity contribution in [2.24, 2.45) is 0 Å². The zero-order chi connectivity index (χ0) is 11.4. The Labute approximate surface area is 89.1 Å². The summed E-state index contributed by atoms with van der Waals surface area (Å²) in [6.07, 6.45) is 3.03. The Kier molecular flexibility index (Phi) is 4.21. The van der Waals surface area contributed by atoms with Crippen molar-refractivity contribution < 1.29 is 13.5 Å². The number of hydrogen-bond donors (Lipinski definition) is 0. The van der Waals surface area contributed by atoms with Gasteiger partial charge in [-0.25, -0.2) is 8.78 Å². The Morgan fingerprint density at radius 3 is 2.80 bits per heavy atom. The molecule has 0 aliphatic carbocycles. The Hall–Kier alpha value is -0.960. The number of ether oxygens (including phenoxy) is 1. The third-order valence-corrected chi connectivity index (χ3v) is 2.37. The fourth-order valence-electron chi connectivity index (χ4n) is 1.41. The number of rotatable bonds is 0. The van der Waals surface area contributed by atoms with E-state index in [0.29, 0.717) is 0 Å². The number of hydrogen-bond acceptors (Lipinski definition) is 1. The molecule has 0 aromatic carbocycles. The van der Waals surface area contributed by atoms with Crippen LogP contribution in [0.5, 0.6) is 0 Å². The van der Waals surface area contributed by atoms with Crippen LogP contribution in [-0.4, -0.2) is 12.7 Å². The molecule has 0 N–H and O–H groups in total. The molecular weight excluding hydrogens is 198 g/mol. The molecule has 0 aromatic heterocycles. The molecule has 84 valence electrons. The Morgan fingerprint density at radius 1 is 1.47 bits per heavy atom. The van der Waals surface area contributed by atoms with Crippen molar-refractivity contribution in [3.63, 3.8) is 0 Å². The summed E-state index contributed by atoms with van der Waals surface area (Å²) in [5.74, 6) is -1.67. The normalized spacial score (nSPS) is 33.5. The quantitative estimate of drug-likeness (QED) is 0.595. The third kappa shape index (κ3) is 3.59. The molecule has 15 heavy (non-hydrogen) atoms. The van der Waals surface area contributed by atoms with Crippen molar-refractivity contribution >= 4 is 0 Å². The maximum atomic E-state index is 13.3. The minimum atomic E-state index is -0.842. The molecule has 0 bridgehead atoms. The summed E-state index contributed by atoms with van der Waals surface area (Å²) in [6, 6.07) is 0. The standard InChI is InChI=1S/C12H16F2O/c1-8-4-5-10(3)15-7-11(13)12(14)9(2)6-8/h6,10H,1,4-5,7H2,2-3H3/b9-6-,12-11-. The van der Waals surface area contributed by atoms with E-state index in [2.05, 4.69) is 6.58 Å². The van der Waals surface area contributed by atoms with Crippen molar-refractivity contribution in [2.75, 3.05) is 6.61 Å². The predicted octanol–water partition coefficient (Wildman–Crippen LogP) is 3.84. The summed E-state index contributed by atoms with van der Waals surface area (Å²) in [5, 5.41) is 0. The van der Waals surface area contributed by atoms with E-state index in [9.17, 15) is 8.78 Å². The molecule has 0 fully saturated rings. The van der Waals surface area contributed by atoms with E-state index in [1.807, 2.05) is 6.92 Å². The maximum absolute atomic E-state index is 13.3. The molecule has 1 nitrogen and oxygen atoms in total. The second-order valence-corrected chi connectivity index (χ2v) is 3.86. The molecule has 0 saturated carbocycles. The van der Waals surface area contributed by atoms with Crippen molar-refractivity contribution in [3.8, 4) is 0 Å². The average Bonchev–Trinajstić information content (AvgIpc) is 2.20. The van der Waals surface area contributed by atoms with Crippen LogP contribution in [0.4, 0.5) is 8.78 Å². The molecule has 1 unspecified atom stereocenters. The van der Waals surface area contributed by atoms with Gasteiger partial charge < -0.3 is 4.74 Å². The minimum absolute atomic E-state index is 0.0768. The molecule has 3 heteroatoms. The smallest absolute Gasteiger partial charge is 0.161 e. The number of halogens is 2. The Balaban J connectivity index is 2.93. The van der Waals surface area contributed by atoms with Crippen LogP contribution in [0.1, 0.15) is 26.7 Å². The van der Waals surface area contributed by atoms with Gasteiger partial charge in [-0.3, -0.25) is 0 Å². The summed E-state index contributed by atoms with van der Waals surface area (Å²) in [4.78, 5) is 0. The Bertz CT molecular complexity index is 316. The van der Waals surface area contributed by atoms with Gasteiger partial charge in [0.05, 0.1) is 6.10 Å². The van der Waals surface area contributed by atoms with Crippen molar-refractivity contribution in [1.29, 1.82) is 0 Å². The first-order chi connectivity index (χ1) is 7.00. The van der Waals surface area contributed by atoms with Gasteiger partial charge >= 0.3 is 0 Å². The maximum Gasteiger partial charge on any atom is 0.161 e. The second kappa shape index (κ2) is 5.21. The topological polar surface area (TPSA) is 9.23 Å². The van der Waals surface area contributed by atoms with Crippen LogP contribution in [0.2, 0.25) is 0 Å². The van der Waals surface area contributed by atoms with Gasteiger partial charge in [0.1, 0.15) is 6.61 Å². The SMILES string of the molecule is C=C1/C=C(C)\C(F)=C(\F)COC(C)CC1. The van der Waals surface area contributed by atoms with Gasteiger partial charge in [0.25, 0.3) is 0 Å². The molecule has 0 radical (unpaired) electrons. The lowest BCUT2D eigenvalue weighted by molar-refractivity contribution is 0.0666. The van der Waals surface area contributed by atoms with Crippen molar-refractivity contribution in [2.45, 2.75) is 32.8 Å². The highest BCUT2D eigenvalue weighted by Gasteiger charge is 2.13. The molecule has 0 spiro atoms. The van der Waals surface area contributed by atoms with E-state index in [-0.39, 0.29) is 18.3 Å². The van der Waals surface area contributed by atoms with Gasteiger partial charge in [0.2, 0.25) is 0 Å². The first-order valence-corrected chi connectivity index (χ1v) is 5.03. The van der Waals surface area contributed by atoms with Crippen LogP contribution in [0, 0.1) is 0 Å². The molecule has 0 amide bonds. The summed E-state index contributed by atoms with van der Waals surface area (Å²) < 4.78 is 31.7. The lowest BCUT2D eigenvalue weighted by Crippen LogP contribution is -2.11. The van der Waals surface area contributed by atoms with Gasteiger partial charge in [0.15, 0.2) is 11.7 Å². The molecular formula is C12H16F2O. The third-order valence-electron chi connectivity index (χ3n) is 2.37. The van der Waals surface area contributed by atoms with Gasteiger partial charge in [-0.2, -0.15) is 0 Å². The van der Waals surface area contributed by atoms with Gasteiger partial charge in [-0.1, -0.05) is 18.2 Å². The van der Waals surface area contributed by atoms with E-state index in [1.165, 1.54) is 6.92 Å². The molecule has 0 saturated heterocycles. The van der Waals surface area contributed by atoms with E-state index in [0.717, 1.165) is 18.4 Å². The monoisotopic (exact) mass is 214 g/mol. The molecule has 1 heterocycles. The molecule has 0 aromatic rings. The highest BCUT2D eigenvalue weighted by atomic mass is 19.2. The summed E-state index contributed by atoms with van der Waals surface area (Å²) in [7, 11) is 0. The number of allylic oxidation sites excluding steroid dienone is 4. The molecule has 1 aliphatic rings. The lowest BCUT2D eigenvalue weighted by atomic mass is 10.1. The fraction of sp³-hybridized carbons (Fsp3) is 0.500. The molecule has 1 atom stereocenters. The van der Waals surface area contributed by atoms with Crippen LogP contribution in [0.25, 0.3) is 0 Å². The van der Waals surface area contributed by atoms with Gasteiger partial charge in [-0.15, -0.1) is 0 Å². The molecule has 1 aliphatic heterocycles. The summed E-state index contributed by atoms with van der Waals surface area (Å²) in [5.41, 5.74) is 1.07. The van der Waals surface area contributed by atoms with E-state index in [4.69, 9.17) is 4.74 Å². The van der Waals surface area contributed by atoms with E-state index < -0.39 is 11.7 Å². The van der Waals surface area contributed by atoms with Crippen LogP contribution in [0.15, 0.2) is 35.5 Å². The van der Waals surface area contributed by atoms with Gasteiger partial charge in [-0.05, 0) is 32.3 Å². The average molecular weight is 214 g/mol. The van der Waals surface area contributed by atoms with Crippen molar-refractivity contribution in [1.82, 2.24) is 0 Å². The van der Waals surface area contributed by atoms with Crippen LogP contribution < -0.4 is 0 Å². The van der Waals surface area contributed by atoms with E-state index in [1.54, 1.807) is 6.08 Å². The lowest BCUT2D eigenvalue weighted by Gasteiger charge is -2.14. The van der Waals surface area contributed by atoms with E-state index >= 15 is 0 Å². The summed E-state index contributed by atoms with van der Waals surface area (Å²) >= 11 is 0. The van der Waals surface area contributed by atoms with Crippen LogP contribution in [-0.2, 0) is 4.74 Å². The second-order valence-electron chi connectivity index (χ2n) is 3.86. The first-order valence-electron chi connectivity index (χ1n) is 5.03. The minimum Gasteiger partial charge on any atom is -0.371 e. The van der Waals surface area contributed by atoms with Crippen LogP contribution in [0.3, 0.4) is 0 Å². The highest BCUT2D eigenvalue weighted by Crippen LogP contribution is 2.22. The largest absolute Gasteiger partial charge is 0.371 e. The molecule has 1 rings (SSSR count). The van der Waals surface area contributed by atoms with Gasteiger partial charge in [0, 0.05) is 0 Å². The first kappa shape index (κ1) is 12.1. The summed E-state index contributed by atoms with van der Waals surface area (Å²) in [6.45, 7) is 6.88. The highest BCUT2D eigenvalue weighted by molar-refractivity contribution is 5.32. The zero-order valence-corrected chi connectivity index (χ0v) is 9.15. The van der Waals surface area contributed by atoms with Crippen molar-refractivity contribution in [3.05, 3.63) is 35.5 Å². The predicted molar refractivity (Wildman–Crippen MR) is 56.8 cm³/mol. The fourth-order valence-corrected chi connectivity index (χ4v) is 1.41. The van der Waals surface area contributed by atoms with Crippen LogP contribution >= 0.6 is 0 Å².